The number of amides is 1. The first kappa shape index (κ1) is 38.1. The van der Waals surface area contributed by atoms with Gasteiger partial charge in [-0.2, -0.15) is 0 Å². The van der Waals surface area contributed by atoms with Crippen LogP contribution in [0.5, 0.6) is 0 Å². The van der Waals surface area contributed by atoms with Crippen LogP contribution < -0.4 is 11.1 Å². The maximum Gasteiger partial charge on any atom is 0.407 e. The van der Waals surface area contributed by atoms with Gasteiger partial charge in [0, 0.05) is 6.54 Å². The molecule has 0 aliphatic carbocycles. The second-order valence-corrected chi connectivity index (χ2v) is 6.81. The molecule has 0 heterocycles. The number of nitrogens with two attached hydrogens (primary N) is 1. The number of ether oxygens (including phenoxy) is 1. The maximum atomic E-state index is 11.3. The Hall–Kier alpha value is -1.56. The van der Waals surface area contributed by atoms with Crippen LogP contribution in [0.4, 0.5) is 4.79 Å². The van der Waals surface area contributed by atoms with Crippen molar-refractivity contribution in [3.63, 3.8) is 0 Å². The summed E-state index contributed by atoms with van der Waals surface area (Å²) in [7, 11) is 1.50. The van der Waals surface area contributed by atoms with Gasteiger partial charge < -0.3 is 20.9 Å². The third-order valence-corrected chi connectivity index (χ3v) is 2.32. The molecule has 0 fully saturated rings. The molecule has 0 bridgehead atoms. The van der Waals surface area contributed by atoms with Gasteiger partial charge in [0.05, 0.1) is 5.92 Å². The summed E-state index contributed by atoms with van der Waals surface area (Å²) < 4.78 is 5.06. The fourth-order valence-corrected chi connectivity index (χ4v) is 1.41. The Labute approximate surface area is 181 Å². The van der Waals surface area contributed by atoms with E-state index < -0.39 is 23.6 Å². The summed E-state index contributed by atoms with van der Waals surface area (Å²) in [5, 5.41) is 11.5. The Morgan fingerprint density at radius 3 is 1.76 bits per heavy atom. The van der Waals surface area contributed by atoms with E-state index in [1.165, 1.54) is 19.9 Å². The lowest BCUT2D eigenvalue weighted by molar-refractivity contribution is -0.140. The van der Waals surface area contributed by atoms with E-state index in [0.29, 0.717) is 6.42 Å². The van der Waals surface area contributed by atoms with Crippen LogP contribution in [0.2, 0.25) is 0 Å². The highest BCUT2D eigenvalue weighted by Crippen LogP contribution is 2.10. The lowest BCUT2D eigenvalue weighted by Crippen LogP contribution is -2.32. The fourth-order valence-electron chi connectivity index (χ4n) is 1.41. The average Bonchev–Trinajstić information content (AvgIpc) is 2.64. The molecule has 4 N–H and O–H groups in total. The molecule has 0 saturated heterocycles. The van der Waals surface area contributed by atoms with E-state index in [1.807, 2.05) is 20.8 Å². The standard InChI is InChI=1S/C14H25NO4.2C3H8.C2H6.CH5N/c1-5-6-8-11(12(16)17)9-7-10-15-13(18)19-14(2,3)4;2*1-3-2;2*1-2/h7,9,11H,5-6,8,10H2,1-4H3,(H,15,18)(H,16,17);2*3H2,1-2H3;1-2H3;2H2,1H3/b9-7+;;;;/t11-;;;;/m1..../s1. The van der Waals surface area contributed by atoms with Crippen LogP contribution in [0.15, 0.2) is 12.2 Å². The number of unbranched alkanes of at least 4 members (excludes halogenated alkanes) is 1. The highest BCUT2D eigenvalue weighted by atomic mass is 16.6. The average molecular weight is 421 g/mol. The van der Waals surface area contributed by atoms with Gasteiger partial charge in [-0.15, -0.1) is 0 Å². The SMILES string of the molecule is CC.CCC.CCC.CCCC[C@H](/C=C/CNC(=O)OC(C)(C)C)C(=O)O.CN. The summed E-state index contributed by atoms with van der Waals surface area (Å²) in [5.41, 5.74) is 3.97. The molecule has 178 valence electrons. The van der Waals surface area contributed by atoms with Crippen molar-refractivity contribution in [2.75, 3.05) is 13.6 Å². The van der Waals surface area contributed by atoms with E-state index in [4.69, 9.17) is 9.84 Å². The summed E-state index contributed by atoms with van der Waals surface area (Å²) >= 11 is 0. The second kappa shape index (κ2) is 31.1. The molecule has 29 heavy (non-hydrogen) atoms. The third kappa shape index (κ3) is 46.4. The fraction of sp³-hybridized carbons (Fsp3) is 0.826. The van der Waals surface area contributed by atoms with Crippen molar-refractivity contribution < 1.29 is 19.4 Å². The van der Waals surface area contributed by atoms with E-state index in [-0.39, 0.29) is 6.54 Å². The molecule has 0 unspecified atom stereocenters. The number of hydrogen-bond acceptors (Lipinski definition) is 4. The van der Waals surface area contributed by atoms with Gasteiger partial charge in [0.2, 0.25) is 0 Å². The molecule has 6 heteroatoms. The smallest absolute Gasteiger partial charge is 0.407 e. The molecule has 0 radical (unpaired) electrons. The van der Waals surface area contributed by atoms with Crippen LogP contribution in [-0.4, -0.2) is 36.4 Å². The monoisotopic (exact) mass is 420 g/mol. The van der Waals surface area contributed by atoms with Crippen molar-refractivity contribution in [2.24, 2.45) is 11.7 Å². The highest BCUT2D eigenvalue weighted by molar-refractivity contribution is 5.72. The lowest BCUT2D eigenvalue weighted by Gasteiger charge is -2.19. The number of carbonyl (C=O) groups excluding carboxylic acids is 1. The largest absolute Gasteiger partial charge is 0.481 e. The van der Waals surface area contributed by atoms with Gasteiger partial charge in [0.1, 0.15) is 5.60 Å². The first-order valence-corrected chi connectivity index (χ1v) is 11.0. The number of carbonyl (C=O) groups is 2. The second-order valence-electron chi connectivity index (χ2n) is 6.81. The number of carboxylic acid groups (broad SMARTS) is 1. The molecule has 1 amide bonds. The summed E-state index contributed by atoms with van der Waals surface area (Å²) in [6.07, 6.45) is 7.73. The maximum absolute atomic E-state index is 11.3. The minimum Gasteiger partial charge on any atom is -0.481 e. The van der Waals surface area contributed by atoms with E-state index in [2.05, 4.69) is 38.7 Å². The predicted octanol–water partition coefficient (Wildman–Crippen LogP) is 6.39. The Bertz CT molecular complexity index is 349. The van der Waals surface area contributed by atoms with E-state index >= 15 is 0 Å². The first-order chi connectivity index (χ1) is 13.6. The lowest BCUT2D eigenvalue weighted by atomic mass is 10.0. The van der Waals surface area contributed by atoms with Crippen LogP contribution in [0.3, 0.4) is 0 Å². The van der Waals surface area contributed by atoms with E-state index in [9.17, 15) is 9.59 Å². The van der Waals surface area contributed by atoms with Gasteiger partial charge in [-0.05, 0) is 34.2 Å². The van der Waals surface area contributed by atoms with Crippen LogP contribution in [-0.2, 0) is 9.53 Å². The molecule has 0 aliphatic heterocycles. The van der Waals surface area contributed by atoms with E-state index in [0.717, 1.165) is 12.8 Å². The Balaban J connectivity index is -0.000000162. The van der Waals surface area contributed by atoms with Crippen molar-refractivity contribution in [1.29, 1.82) is 0 Å². The topological polar surface area (TPSA) is 102 Å². The van der Waals surface area contributed by atoms with Crippen LogP contribution in [0.25, 0.3) is 0 Å². The highest BCUT2D eigenvalue weighted by Gasteiger charge is 2.15. The first-order valence-electron chi connectivity index (χ1n) is 11.0. The third-order valence-electron chi connectivity index (χ3n) is 2.32. The molecule has 0 aromatic carbocycles. The van der Waals surface area contributed by atoms with Gasteiger partial charge in [0.25, 0.3) is 0 Å². The zero-order valence-electron chi connectivity index (χ0n) is 21.2. The van der Waals surface area contributed by atoms with E-state index in [1.54, 1.807) is 32.9 Å². The van der Waals surface area contributed by atoms with Gasteiger partial charge in [-0.3, -0.25) is 4.79 Å². The zero-order chi connectivity index (χ0) is 24.3. The quantitative estimate of drug-likeness (QED) is 0.414. The number of hydrogen-bond donors (Lipinski definition) is 3. The molecular formula is C23H52N2O4. The molecular weight excluding hydrogens is 368 g/mol. The molecule has 1 atom stereocenters. The summed E-state index contributed by atoms with van der Waals surface area (Å²) in [5.74, 6) is -1.32. The van der Waals surface area contributed by atoms with Gasteiger partial charge in [-0.1, -0.05) is 86.3 Å². The summed E-state index contributed by atoms with van der Waals surface area (Å²) in [4.78, 5) is 22.3. The Kier molecular flexibility index (Phi) is 40.9. The van der Waals surface area contributed by atoms with Crippen molar-refractivity contribution in [3.05, 3.63) is 12.2 Å². The van der Waals surface area contributed by atoms with Crippen molar-refractivity contribution in [1.82, 2.24) is 5.32 Å². The van der Waals surface area contributed by atoms with Crippen LogP contribution in [0, 0.1) is 5.92 Å². The van der Waals surface area contributed by atoms with Crippen LogP contribution in [0.1, 0.15) is 101 Å². The molecule has 0 aliphatic rings. The van der Waals surface area contributed by atoms with Crippen molar-refractivity contribution in [3.8, 4) is 0 Å². The summed E-state index contributed by atoms with van der Waals surface area (Å²) in [6, 6.07) is 0. The predicted molar refractivity (Wildman–Crippen MR) is 127 cm³/mol. The van der Waals surface area contributed by atoms with Gasteiger partial charge in [-0.25, -0.2) is 4.79 Å². The minimum absolute atomic E-state index is 0.269. The Morgan fingerprint density at radius 2 is 1.45 bits per heavy atom. The van der Waals surface area contributed by atoms with Crippen molar-refractivity contribution in [2.45, 2.75) is 107 Å². The number of rotatable bonds is 7. The Morgan fingerprint density at radius 1 is 1.03 bits per heavy atom. The minimum atomic E-state index is -0.832. The molecule has 0 aromatic rings. The molecule has 6 nitrogen and oxygen atoms in total. The van der Waals surface area contributed by atoms with Crippen LogP contribution >= 0.6 is 0 Å². The number of aliphatic carboxylic acids is 1. The summed E-state index contributed by atoms with van der Waals surface area (Å²) in [6.45, 7) is 20.1. The normalized spacial score (nSPS) is 10.3. The van der Waals surface area contributed by atoms with Crippen molar-refractivity contribution >= 4 is 12.1 Å². The molecule has 0 rings (SSSR count). The van der Waals surface area contributed by atoms with Gasteiger partial charge in [0.15, 0.2) is 0 Å². The molecule has 0 spiro atoms. The molecule has 0 aromatic heterocycles. The number of nitrogens with one attached hydrogen (secondary N) is 1. The molecule has 0 saturated carbocycles. The number of carboxylic acids is 1. The zero-order valence-corrected chi connectivity index (χ0v) is 21.2. The number of alkyl carbamates (subject to hydrolysis) is 1. The van der Waals surface area contributed by atoms with Gasteiger partial charge >= 0.3 is 12.1 Å².